The van der Waals surface area contributed by atoms with E-state index < -0.39 is 22.5 Å². The molecule has 1 aromatic carbocycles. The summed E-state index contributed by atoms with van der Waals surface area (Å²) in [6.45, 7) is -0.472. The maximum absolute atomic E-state index is 12.0. The largest absolute Gasteiger partial charge is 0.271 e. The van der Waals surface area contributed by atoms with Crippen molar-refractivity contribution in [3.63, 3.8) is 0 Å². The molecule has 0 atom stereocenters. The van der Waals surface area contributed by atoms with Gasteiger partial charge in [-0.25, -0.2) is 13.8 Å². The first-order chi connectivity index (χ1) is 11.8. The fourth-order valence-corrected chi connectivity index (χ4v) is 3.23. The molecule has 1 N–H and O–H groups in total. The predicted octanol–water partition coefficient (Wildman–Crippen LogP) is 2.30. The molecule has 132 valence electrons. The van der Waals surface area contributed by atoms with E-state index in [4.69, 9.17) is 23.2 Å². The van der Waals surface area contributed by atoms with Crippen molar-refractivity contribution in [1.82, 2.24) is 10.4 Å². The molecule has 10 heteroatoms. The van der Waals surface area contributed by atoms with Crippen molar-refractivity contribution in [3.8, 4) is 0 Å². The number of anilines is 1. The normalized spacial score (nSPS) is 11.5. The Bertz CT molecular complexity index is 869. The molecule has 0 bridgehead atoms. The van der Waals surface area contributed by atoms with E-state index in [0.29, 0.717) is 5.56 Å². The van der Waals surface area contributed by atoms with Crippen LogP contribution in [0.15, 0.2) is 47.8 Å². The summed E-state index contributed by atoms with van der Waals surface area (Å²) >= 11 is 11.8. The number of rotatable bonds is 6. The van der Waals surface area contributed by atoms with Crippen LogP contribution in [0, 0.1) is 0 Å². The van der Waals surface area contributed by atoms with E-state index in [1.54, 1.807) is 24.5 Å². The Hall–Kier alpha value is -2.16. The number of hydrazone groups is 1. The van der Waals surface area contributed by atoms with Crippen LogP contribution >= 0.6 is 23.2 Å². The van der Waals surface area contributed by atoms with E-state index >= 15 is 0 Å². The minimum atomic E-state index is -3.73. The third-order valence-corrected chi connectivity index (χ3v) is 4.49. The zero-order chi connectivity index (χ0) is 18.4. The molecular weight excluding hydrogens is 387 g/mol. The highest BCUT2D eigenvalue weighted by Gasteiger charge is 2.21. The van der Waals surface area contributed by atoms with Crippen LogP contribution in [0.3, 0.4) is 0 Å². The van der Waals surface area contributed by atoms with E-state index in [2.05, 4.69) is 15.5 Å². The number of hydrogen-bond acceptors (Lipinski definition) is 5. The Morgan fingerprint density at radius 2 is 2.00 bits per heavy atom. The molecule has 0 aliphatic carbocycles. The number of benzene rings is 1. The lowest BCUT2D eigenvalue weighted by molar-refractivity contribution is -0.119. The van der Waals surface area contributed by atoms with E-state index in [9.17, 15) is 13.2 Å². The Balaban J connectivity index is 2.12. The summed E-state index contributed by atoms with van der Waals surface area (Å²) in [6, 6.07) is 7.74. The van der Waals surface area contributed by atoms with Gasteiger partial charge < -0.3 is 0 Å². The molecule has 0 radical (unpaired) electrons. The third-order valence-electron chi connectivity index (χ3n) is 2.91. The van der Waals surface area contributed by atoms with Gasteiger partial charge >= 0.3 is 0 Å². The van der Waals surface area contributed by atoms with Gasteiger partial charge in [0.05, 0.1) is 18.2 Å². The molecule has 25 heavy (non-hydrogen) atoms. The van der Waals surface area contributed by atoms with Crippen molar-refractivity contribution in [2.24, 2.45) is 5.10 Å². The minimum Gasteiger partial charge on any atom is -0.271 e. The van der Waals surface area contributed by atoms with E-state index in [0.717, 1.165) is 10.6 Å². The monoisotopic (exact) mass is 400 g/mol. The number of nitrogens with zero attached hydrogens (tertiary/aromatic N) is 3. The highest BCUT2D eigenvalue weighted by molar-refractivity contribution is 7.92. The molecule has 2 aromatic rings. The second-order valence-corrected chi connectivity index (χ2v) is 7.76. The Labute approximate surface area is 155 Å². The van der Waals surface area contributed by atoms with Crippen LogP contribution < -0.4 is 9.73 Å². The van der Waals surface area contributed by atoms with Gasteiger partial charge in [0.2, 0.25) is 10.0 Å². The SMILES string of the molecule is CS(=O)(=O)N(CC(=O)N/N=C\c1cccnc1)c1cc(Cl)cc(Cl)c1. The lowest BCUT2D eigenvalue weighted by atomic mass is 10.3. The fraction of sp³-hybridized carbons (Fsp3) is 0.133. The standard InChI is InChI=1S/C15H14Cl2N4O3S/c1-25(23,24)21(14-6-12(16)5-13(17)7-14)10-15(22)20-19-9-11-3-2-4-18-8-11/h2-9H,10H2,1H3,(H,20,22)/b19-9-. The van der Waals surface area contributed by atoms with Gasteiger partial charge in [-0.2, -0.15) is 5.10 Å². The lowest BCUT2D eigenvalue weighted by Crippen LogP contribution is -2.39. The molecule has 7 nitrogen and oxygen atoms in total. The van der Waals surface area contributed by atoms with Gasteiger partial charge in [0.15, 0.2) is 0 Å². The maximum atomic E-state index is 12.0. The van der Waals surface area contributed by atoms with E-state index in [1.807, 2.05) is 0 Å². The Morgan fingerprint density at radius 3 is 2.56 bits per heavy atom. The lowest BCUT2D eigenvalue weighted by Gasteiger charge is -2.21. The zero-order valence-corrected chi connectivity index (χ0v) is 15.4. The second-order valence-electron chi connectivity index (χ2n) is 4.98. The molecule has 0 aliphatic rings. The van der Waals surface area contributed by atoms with Gasteiger partial charge in [-0.15, -0.1) is 0 Å². The summed E-state index contributed by atoms with van der Waals surface area (Å²) in [5.41, 5.74) is 3.13. The molecule has 0 aliphatic heterocycles. The van der Waals surface area contributed by atoms with Crippen molar-refractivity contribution in [2.45, 2.75) is 0 Å². The molecule has 2 rings (SSSR count). The summed E-state index contributed by atoms with van der Waals surface area (Å²) in [6.07, 6.45) is 5.54. The summed E-state index contributed by atoms with van der Waals surface area (Å²) in [5, 5.41) is 4.28. The Morgan fingerprint density at radius 1 is 1.32 bits per heavy atom. The number of amides is 1. The van der Waals surface area contributed by atoms with Crippen LogP contribution in [-0.4, -0.2) is 38.3 Å². The number of nitrogens with one attached hydrogen (secondary N) is 1. The van der Waals surface area contributed by atoms with Crippen LogP contribution in [0.2, 0.25) is 10.0 Å². The van der Waals surface area contributed by atoms with Crippen LogP contribution in [0.5, 0.6) is 0 Å². The molecule has 0 saturated carbocycles. The van der Waals surface area contributed by atoms with Crippen molar-refractivity contribution >= 4 is 51.0 Å². The van der Waals surface area contributed by atoms with Crippen molar-refractivity contribution in [3.05, 3.63) is 58.3 Å². The number of hydrogen-bond donors (Lipinski definition) is 1. The van der Waals surface area contributed by atoms with Gasteiger partial charge in [-0.3, -0.25) is 14.1 Å². The maximum Gasteiger partial charge on any atom is 0.260 e. The van der Waals surface area contributed by atoms with Crippen molar-refractivity contribution < 1.29 is 13.2 Å². The predicted molar refractivity (Wildman–Crippen MR) is 98.6 cm³/mol. The average molecular weight is 401 g/mol. The number of aromatic nitrogens is 1. The number of pyridine rings is 1. The quantitative estimate of drug-likeness (QED) is 0.594. The number of carbonyl (C=O) groups is 1. The topological polar surface area (TPSA) is 91.7 Å². The second kappa shape index (κ2) is 8.28. The van der Waals surface area contributed by atoms with Crippen LogP contribution in [0.4, 0.5) is 5.69 Å². The number of halogens is 2. The van der Waals surface area contributed by atoms with Gasteiger partial charge in [-0.05, 0) is 24.3 Å². The van der Waals surface area contributed by atoms with Gasteiger partial charge in [-0.1, -0.05) is 29.3 Å². The van der Waals surface area contributed by atoms with Gasteiger partial charge in [0, 0.05) is 28.0 Å². The number of carbonyl (C=O) groups excluding carboxylic acids is 1. The molecular formula is C15H14Cl2N4O3S. The first-order valence-corrected chi connectivity index (χ1v) is 9.52. The van der Waals surface area contributed by atoms with Gasteiger partial charge in [0.25, 0.3) is 5.91 Å². The third kappa shape index (κ3) is 6.00. The first kappa shape index (κ1) is 19.2. The molecule has 0 saturated heterocycles. The minimum absolute atomic E-state index is 0.186. The molecule has 0 spiro atoms. The highest BCUT2D eigenvalue weighted by atomic mass is 35.5. The molecule has 1 aromatic heterocycles. The number of sulfonamides is 1. The molecule has 0 fully saturated rings. The van der Waals surface area contributed by atoms with Crippen molar-refractivity contribution in [2.75, 3.05) is 17.1 Å². The first-order valence-electron chi connectivity index (χ1n) is 6.91. The van der Waals surface area contributed by atoms with Crippen LogP contribution in [0.1, 0.15) is 5.56 Å². The molecule has 1 heterocycles. The summed E-state index contributed by atoms with van der Waals surface area (Å²) in [5.74, 6) is -0.623. The van der Waals surface area contributed by atoms with E-state index in [1.165, 1.54) is 24.4 Å². The summed E-state index contributed by atoms with van der Waals surface area (Å²) < 4.78 is 24.9. The fourth-order valence-electron chi connectivity index (χ4n) is 1.88. The summed E-state index contributed by atoms with van der Waals surface area (Å²) in [4.78, 5) is 15.9. The molecule has 1 amide bonds. The van der Waals surface area contributed by atoms with Gasteiger partial charge in [0.1, 0.15) is 6.54 Å². The zero-order valence-electron chi connectivity index (χ0n) is 13.1. The van der Waals surface area contributed by atoms with E-state index in [-0.39, 0.29) is 15.7 Å². The average Bonchev–Trinajstić information content (AvgIpc) is 2.51. The van der Waals surface area contributed by atoms with Crippen LogP contribution in [0.25, 0.3) is 0 Å². The smallest absolute Gasteiger partial charge is 0.260 e. The van der Waals surface area contributed by atoms with Crippen molar-refractivity contribution in [1.29, 1.82) is 0 Å². The Kier molecular flexibility index (Phi) is 6.35. The molecule has 0 unspecified atom stereocenters. The highest BCUT2D eigenvalue weighted by Crippen LogP contribution is 2.26. The summed E-state index contributed by atoms with van der Waals surface area (Å²) in [7, 11) is -3.73. The van der Waals surface area contributed by atoms with Crippen LogP contribution in [-0.2, 0) is 14.8 Å².